The molecule has 2 amide bonds. The molecule has 1 heterocycles. The number of amides is 2. The lowest BCUT2D eigenvalue weighted by molar-refractivity contribution is -0.122. The molecule has 0 radical (unpaired) electrons. The van der Waals surface area contributed by atoms with E-state index in [9.17, 15) is 9.59 Å². The number of benzene rings is 2. The van der Waals surface area contributed by atoms with Crippen molar-refractivity contribution >= 4 is 44.9 Å². The van der Waals surface area contributed by atoms with Crippen LogP contribution in [0.3, 0.4) is 0 Å². The molecule has 1 saturated heterocycles. The Hall–Kier alpha value is -1.85. The van der Waals surface area contributed by atoms with Crippen LogP contribution in [0.25, 0.3) is 6.08 Å². The summed E-state index contributed by atoms with van der Waals surface area (Å²) in [4.78, 5) is 26.4. The van der Waals surface area contributed by atoms with Gasteiger partial charge >= 0.3 is 0 Å². The van der Waals surface area contributed by atoms with Gasteiger partial charge in [-0.15, -0.1) is 0 Å². The highest BCUT2D eigenvalue weighted by molar-refractivity contribution is 9.10. The van der Waals surface area contributed by atoms with Crippen LogP contribution in [0.5, 0.6) is 0 Å². The molecule has 1 fully saturated rings. The number of aryl methyl sites for hydroxylation is 1. The van der Waals surface area contributed by atoms with E-state index >= 15 is 0 Å². The fourth-order valence-corrected chi connectivity index (χ4v) is 3.81. The number of hydrogen-bond acceptors (Lipinski definition) is 3. The Morgan fingerprint density at radius 1 is 1.04 bits per heavy atom. The molecule has 5 heteroatoms. The van der Waals surface area contributed by atoms with Crippen LogP contribution in [0.4, 0.5) is 4.79 Å². The Balaban J connectivity index is 1.63. The van der Waals surface area contributed by atoms with Gasteiger partial charge in [0.25, 0.3) is 11.1 Å². The average molecular weight is 402 g/mol. The molecule has 2 aromatic rings. The quantitative estimate of drug-likeness (QED) is 0.652. The van der Waals surface area contributed by atoms with Gasteiger partial charge in [-0.1, -0.05) is 58.4 Å². The minimum atomic E-state index is -0.196. The topological polar surface area (TPSA) is 37.4 Å². The molecule has 2 aromatic carbocycles. The van der Waals surface area contributed by atoms with Gasteiger partial charge < -0.3 is 0 Å². The molecule has 0 atom stereocenters. The molecule has 0 unspecified atom stereocenters. The zero-order chi connectivity index (χ0) is 16.9. The molecule has 24 heavy (non-hydrogen) atoms. The van der Waals surface area contributed by atoms with Crippen LogP contribution in [0, 0.1) is 0 Å². The third-order valence-electron chi connectivity index (χ3n) is 3.71. The molecule has 0 N–H and O–H groups in total. The molecule has 3 nitrogen and oxygen atoms in total. The van der Waals surface area contributed by atoms with Crippen LogP contribution in [0.1, 0.15) is 17.5 Å². The van der Waals surface area contributed by atoms with Gasteiger partial charge in [0, 0.05) is 11.0 Å². The van der Waals surface area contributed by atoms with Gasteiger partial charge in [0.2, 0.25) is 0 Å². The first-order chi connectivity index (χ1) is 11.6. The third kappa shape index (κ3) is 4.16. The fourth-order valence-electron chi connectivity index (χ4n) is 2.53. The summed E-state index contributed by atoms with van der Waals surface area (Å²) < 4.78 is 0.943. The highest BCUT2D eigenvalue weighted by Gasteiger charge is 2.34. The first kappa shape index (κ1) is 17.0. The van der Waals surface area contributed by atoms with Crippen molar-refractivity contribution in [2.45, 2.75) is 12.8 Å². The summed E-state index contributed by atoms with van der Waals surface area (Å²) >= 11 is 4.42. The Morgan fingerprint density at radius 3 is 2.58 bits per heavy atom. The van der Waals surface area contributed by atoms with Crippen LogP contribution in [0.15, 0.2) is 64.0 Å². The van der Waals surface area contributed by atoms with E-state index in [-0.39, 0.29) is 11.1 Å². The second-order valence-electron chi connectivity index (χ2n) is 5.48. The Bertz CT molecular complexity index is 789. The number of thioether (sulfide) groups is 1. The second kappa shape index (κ2) is 7.81. The summed E-state index contributed by atoms with van der Waals surface area (Å²) in [5.41, 5.74) is 2.12. The van der Waals surface area contributed by atoms with Crippen LogP contribution in [-0.2, 0) is 11.2 Å². The van der Waals surface area contributed by atoms with Gasteiger partial charge in [-0.05, 0) is 53.9 Å². The van der Waals surface area contributed by atoms with Gasteiger partial charge in [-0.2, -0.15) is 0 Å². The first-order valence-electron chi connectivity index (χ1n) is 7.68. The number of rotatable bonds is 5. The molecule has 0 saturated carbocycles. The molecule has 0 aromatic heterocycles. The van der Waals surface area contributed by atoms with Crippen LogP contribution < -0.4 is 0 Å². The van der Waals surface area contributed by atoms with Crippen molar-refractivity contribution in [2.75, 3.05) is 6.54 Å². The standard InChI is InChI=1S/C19H16BrNO2S/c20-16-10-4-8-15(12-16)13-17-18(22)21(19(23)24-17)11-5-9-14-6-2-1-3-7-14/h1-4,6-8,10,12-13H,5,9,11H2/b17-13+. The van der Waals surface area contributed by atoms with Crippen molar-refractivity contribution in [2.24, 2.45) is 0 Å². The molecule has 1 aliphatic heterocycles. The van der Waals surface area contributed by atoms with Gasteiger partial charge in [0.1, 0.15) is 0 Å². The molecule has 0 bridgehead atoms. The van der Waals surface area contributed by atoms with Crippen molar-refractivity contribution < 1.29 is 9.59 Å². The van der Waals surface area contributed by atoms with Crippen molar-refractivity contribution in [3.63, 3.8) is 0 Å². The molecular weight excluding hydrogens is 386 g/mol. The largest absolute Gasteiger partial charge is 0.293 e. The minimum Gasteiger partial charge on any atom is -0.268 e. The van der Waals surface area contributed by atoms with Crippen molar-refractivity contribution in [1.29, 1.82) is 0 Å². The van der Waals surface area contributed by atoms with Crippen molar-refractivity contribution in [3.05, 3.63) is 75.1 Å². The van der Waals surface area contributed by atoms with Gasteiger partial charge in [0.05, 0.1) is 4.91 Å². The number of hydrogen-bond donors (Lipinski definition) is 0. The lowest BCUT2D eigenvalue weighted by Gasteiger charge is -2.12. The Morgan fingerprint density at radius 2 is 1.83 bits per heavy atom. The summed E-state index contributed by atoms with van der Waals surface area (Å²) in [6.45, 7) is 0.454. The van der Waals surface area contributed by atoms with E-state index in [0.717, 1.165) is 34.6 Å². The molecule has 0 aliphatic carbocycles. The van der Waals surface area contributed by atoms with Crippen molar-refractivity contribution in [3.8, 4) is 0 Å². The van der Waals surface area contributed by atoms with E-state index in [4.69, 9.17) is 0 Å². The predicted octanol–water partition coefficient (Wildman–Crippen LogP) is 5.12. The Kier molecular flexibility index (Phi) is 5.53. The zero-order valence-electron chi connectivity index (χ0n) is 12.9. The van der Waals surface area contributed by atoms with Gasteiger partial charge in [-0.25, -0.2) is 0 Å². The number of nitrogens with zero attached hydrogens (tertiary/aromatic N) is 1. The highest BCUT2D eigenvalue weighted by Crippen LogP contribution is 2.32. The zero-order valence-corrected chi connectivity index (χ0v) is 15.3. The maximum absolute atomic E-state index is 12.5. The van der Waals surface area contributed by atoms with Crippen LogP contribution in [-0.4, -0.2) is 22.6 Å². The number of imide groups is 1. The van der Waals surface area contributed by atoms with Gasteiger partial charge in [-0.3, -0.25) is 14.5 Å². The molecule has 1 aliphatic rings. The summed E-state index contributed by atoms with van der Waals surface area (Å²) in [6.07, 6.45) is 3.40. The molecular formula is C19H16BrNO2S. The van der Waals surface area contributed by atoms with E-state index in [1.54, 1.807) is 6.08 Å². The normalized spacial score (nSPS) is 16.2. The lowest BCUT2D eigenvalue weighted by atomic mass is 10.1. The summed E-state index contributed by atoms with van der Waals surface area (Å²) in [5, 5.41) is -0.186. The second-order valence-corrected chi connectivity index (χ2v) is 7.39. The number of carbonyl (C=O) groups excluding carboxylic acids is 2. The van der Waals surface area contributed by atoms with Gasteiger partial charge in [0.15, 0.2) is 0 Å². The third-order valence-corrected chi connectivity index (χ3v) is 5.11. The van der Waals surface area contributed by atoms with E-state index in [0.29, 0.717) is 11.4 Å². The van der Waals surface area contributed by atoms with E-state index in [1.165, 1.54) is 10.5 Å². The number of halogens is 1. The maximum Gasteiger partial charge on any atom is 0.293 e. The average Bonchev–Trinajstić information content (AvgIpc) is 2.83. The smallest absolute Gasteiger partial charge is 0.268 e. The van der Waals surface area contributed by atoms with Crippen LogP contribution in [0.2, 0.25) is 0 Å². The summed E-state index contributed by atoms with van der Waals surface area (Å²) in [5.74, 6) is -0.196. The lowest BCUT2D eigenvalue weighted by Crippen LogP contribution is -2.29. The van der Waals surface area contributed by atoms with Crippen LogP contribution >= 0.6 is 27.7 Å². The Labute approximate surface area is 153 Å². The van der Waals surface area contributed by atoms with E-state index < -0.39 is 0 Å². The first-order valence-corrected chi connectivity index (χ1v) is 9.29. The van der Waals surface area contributed by atoms with E-state index in [2.05, 4.69) is 28.1 Å². The highest BCUT2D eigenvalue weighted by atomic mass is 79.9. The summed E-state index contributed by atoms with van der Waals surface area (Å²) in [6, 6.07) is 17.7. The molecule has 0 spiro atoms. The molecule has 122 valence electrons. The fraction of sp³-hybridized carbons (Fsp3) is 0.158. The number of carbonyl (C=O) groups is 2. The van der Waals surface area contributed by atoms with Crippen molar-refractivity contribution in [1.82, 2.24) is 4.90 Å². The monoisotopic (exact) mass is 401 g/mol. The molecule has 3 rings (SSSR count). The maximum atomic E-state index is 12.5. The predicted molar refractivity (Wildman–Crippen MR) is 102 cm³/mol. The summed E-state index contributed by atoms with van der Waals surface area (Å²) in [7, 11) is 0. The van der Waals surface area contributed by atoms with E-state index in [1.807, 2.05) is 42.5 Å². The SMILES string of the molecule is O=C1S/C(=C/c2cccc(Br)c2)C(=O)N1CCCc1ccccc1. The minimum absolute atomic E-state index is 0.186.